The first-order chi connectivity index (χ1) is 10.3. The van der Waals surface area contributed by atoms with Gasteiger partial charge >= 0.3 is 0 Å². The Labute approximate surface area is 131 Å². The van der Waals surface area contributed by atoms with Crippen molar-refractivity contribution in [3.05, 3.63) is 64.7 Å². The zero-order valence-electron chi connectivity index (χ0n) is 12.2. The summed E-state index contributed by atoms with van der Waals surface area (Å²) in [4.78, 5) is 0. The number of benzene rings is 2. The molecule has 1 aliphatic heterocycles. The van der Waals surface area contributed by atoms with E-state index in [9.17, 15) is 0 Å². The number of rotatable bonds is 4. The van der Waals surface area contributed by atoms with Gasteiger partial charge in [0.25, 0.3) is 0 Å². The predicted molar refractivity (Wildman–Crippen MR) is 87.2 cm³/mol. The van der Waals surface area contributed by atoms with Gasteiger partial charge in [-0.1, -0.05) is 48.9 Å². The number of ether oxygens (including phenoxy) is 1. The van der Waals surface area contributed by atoms with E-state index in [4.69, 9.17) is 16.3 Å². The van der Waals surface area contributed by atoms with E-state index < -0.39 is 0 Å². The molecule has 1 aliphatic rings. The van der Waals surface area contributed by atoms with Gasteiger partial charge in [0.2, 0.25) is 0 Å². The standard InChI is InChI=1S/C18H20ClNO/c1-2-20-18(13-7-9-14(19)10-8-13)16-11-12-21-17-6-4-3-5-15(16)17/h3-10,16,18,20H,2,11-12H2,1H3. The van der Waals surface area contributed by atoms with Gasteiger partial charge < -0.3 is 10.1 Å². The maximum Gasteiger partial charge on any atom is 0.122 e. The first-order valence-electron chi connectivity index (χ1n) is 7.50. The summed E-state index contributed by atoms with van der Waals surface area (Å²) in [5.74, 6) is 1.45. The van der Waals surface area contributed by atoms with Crippen LogP contribution in [0.1, 0.15) is 36.4 Å². The summed E-state index contributed by atoms with van der Waals surface area (Å²) in [5, 5.41) is 4.41. The maximum atomic E-state index is 6.02. The second-order valence-electron chi connectivity index (χ2n) is 5.37. The van der Waals surface area contributed by atoms with Gasteiger partial charge in [-0.05, 0) is 42.3 Å². The van der Waals surface area contributed by atoms with Gasteiger partial charge in [0.15, 0.2) is 0 Å². The molecule has 0 bridgehead atoms. The summed E-state index contributed by atoms with van der Waals surface area (Å²) in [6, 6.07) is 16.8. The highest BCUT2D eigenvalue weighted by molar-refractivity contribution is 6.30. The lowest BCUT2D eigenvalue weighted by atomic mass is 9.83. The Balaban J connectivity index is 1.96. The first-order valence-corrected chi connectivity index (χ1v) is 7.88. The molecule has 3 rings (SSSR count). The molecular formula is C18H20ClNO. The zero-order valence-corrected chi connectivity index (χ0v) is 12.9. The van der Waals surface area contributed by atoms with Gasteiger partial charge in [0.05, 0.1) is 6.61 Å². The molecule has 0 aliphatic carbocycles. The predicted octanol–water partition coefficient (Wildman–Crippen LogP) is 4.56. The number of hydrogen-bond acceptors (Lipinski definition) is 2. The lowest BCUT2D eigenvalue weighted by Crippen LogP contribution is -2.30. The van der Waals surface area contributed by atoms with Crippen molar-refractivity contribution in [3.8, 4) is 5.75 Å². The largest absolute Gasteiger partial charge is 0.493 e. The molecule has 21 heavy (non-hydrogen) atoms. The summed E-state index contributed by atoms with van der Waals surface area (Å²) < 4.78 is 5.79. The smallest absolute Gasteiger partial charge is 0.122 e. The van der Waals surface area contributed by atoms with Gasteiger partial charge in [0.1, 0.15) is 5.75 Å². The molecule has 0 saturated heterocycles. The van der Waals surface area contributed by atoms with Crippen molar-refractivity contribution >= 4 is 11.6 Å². The Morgan fingerprint density at radius 1 is 1.19 bits per heavy atom. The van der Waals surface area contributed by atoms with Crippen LogP contribution in [0.2, 0.25) is 5.02 Å². The molecule has 110 valence electrons. The van der Waals surface area contributed by atoms with E-state index in [1.54, 1.807) is 0 Å². The van der Waals surface area contributed by atoms with Crippen LogP contribution in [-0.4, -0.2) is 13.2 Å². The number of nitrogens with one attached hydrogen (secondary N) is 1. The molecule has 2 unspecified atom stereocenters. The van der Waals surface area contributed by atoms with Crippen molar-refractivity contribution in [2.24, 2.45) is 0 Å². The van der Waals surface area contributed by atoms with Crippen molar-refractivity contribution in [1.82, 2.24) is 5.32 Å². The minimum atomic E-state index is 0.289. The van der Waals surface area contributed by atoms with Crippen molar-refractivity contribution in [3.63, 3.8) is 0 Å². The third-order valence-corrected chi connectivity index (χ3v) is 4.31. The summed E-state index contributed by atoms with van der Waals surface area (Å²) in [6.45, 7) is 3.86. The molecule has 1 N–H and O–H groups in total. The summed E-state index contributed by atoms with van der Waals surface area (Å²) >= 11 is 6.02. The Morgan fingerprint density at radius 2 is 1.95 bits per heavy atom. The quantitative estimate of drug-likeness (QED) is 0.894. The monoisotopic (exact) mass is 301 g/mol. The SMILES string of the molecule is CCNC(c1ccc(Cl)cc1)C1CCOc2ccccc21. The molecule has 0 amide bonds. The van der Waals surface area contributed by atoms with Crippen LogP contribution in [0.4, 0.5) is 0 Å². The molecule has 1 heterocycles. The maximum absolute atomic E-state index is 6.02. The number of halogens is 1. The van der Waals surface area contributed by atoms with Gasteiger partial charge in [-0.2, -0.15) is 0 Å². The molecule has 0 spiro atoms. The first kappa shape index (κ1) is 14.4. The van der Waals surface area contributed by atoms with Crippen LogP contribution in [-0.2, 0) is 0 Å². The van der Waals surface area contributed by atoms with Gasteiger partial charge in [0, 0.05) is 17.0 Å². The van der Waals surface area contributed by atoms with Crippen LogP contribution in [0.5, 0.6) is 5.75 Å². The van der Waals surface area contributed by atoms with Gasteiger partial charge in [-0.25, -0.2) is 0 Å². The topological polar surface area (TPSA) is 21.3 Å². The van der Waals surface area contributed by atoms with Crippen LogP contribution >= 0.6 is 11.6 Å². The Bertz CT molecular complexity index is 596. The molecule has 0 saturated carbocycles. The lowest BCUT2D eigenvalue weighted by molar-refractivity contribution is 0.246. The van der Waals surface area contributed by atoms with Crippen molar-refractivity contribution in [2.45, 2.75) is 25.3 Å². The van der Waals surface area contributed by atoms with Crippen LogP contribution in [0, 0.1) is 0 Å². The van der Waals surface area contributed by atoms with Crippen molar-refractivity contribution < 1.29 is 4.74 Å². The fourth-order valence-corrected chi connectivity index (χ4v) is 3.22. The van der Waals surface area contributed by atoms with Gasteiger partial charge in [-0.15, -0.1) is 0 Å². The van der Waals surface area contributed by atoms with E-state index in [1.165, 1.54) is 11.1 Å². The highest BCUT2D eigenvalue weighted by Gasteiger charge is 2.29. The number of fused-ring (bicyclic) bond motifs is 1. The highest BCUT2D eigenvalue weighted by atomic mass is 35.5. The van der Waals surface area contributed by atoms with Gasteiger partial charge in [-0.3, -0.25) is 0 Å². The van der Waals surface area contributed by atoms with Crippen molar-refractivity contribution in [2.75, 3.05) is 13.2 Å². The Kier molecular flexibility index (Phi) is 4.47. The third kappa shape index (κ3) is 3.07. The van der Waals surface area contributed by atoms with E-state index in [1.807, 2.05) is 18.2 Å². The second kappa shape index (κ2) is 6.50. The van der Waals surface area contributed by atoms with Crippen LogP contribution in [0.3, 0.4) is 0 Å². The Hall–Kier alpha value is -1.51. The third-order valence-electron chi connectivity index (χ3n) is 4.06. The average Bonchev–Trinajstić information content (AvgIpc) is 2.53. The number of para-hydroxylation sites is 1. The number of likely N-dealkylation sites (N-methyl/N-ethyl adjacent to an activating group) is 1. The summed E-state index contributed by atoms with van der Waals surface area (Å²) in [6.07, 6.45) is 1.03. The molecular weight excluding hydrogens is 282 g/mol. The van der Waals surface area contributed by atoms with Crippen LogP contribution in [0.25, 0.3) is 0 Å². The summed E-state index contributed by atoms with van der Waals surface area (Å²) in [7, 11) is 0. The van der Waals surface area contributed by atoms with E-state index in [0.29, 0.717) is 5.92 Å². The molecule has 0 aromatic heterocycles. The minimum absolute atomic E-state index is 0.289. The van der Waals surface area contributed by atoms with E-state index >= 15 is 0 Å². The fraction of sp³-hybridized carbons (Fsp3) is 0.333. The molecule has 2 nitrogen and oxygen atoms in total. The Morgan fingerprint density at radius 3 is 2.71 bits per heavy atom. The zero-order chi connectivity index (χ0) is 14.7. The molecule has 3 heteroatoms. The number of hydrogen-bond donors (Lipinski definition) is 1. The average molecular weight is 302 g/mol. The van der Waals surface area contributed by atoms with Crippen LogP contribution < -0.4 is 10.1 Å². The van der Waals surface area contributed by atoms with E-state index in [-0.39, 0.29) is 6.04 Å². The fourth-order valence-electron chi connectivity index (χ4n) is 3.10. The van der Waals surface area contributed by atoms with Crippen LogP contribution in [0.15, 0.2) is 48.5 Å². The summed E-state index contributed by atoms with van der Waals surface area (Å²) in [5.41, 5.74) is 2.58. The molecule has 2 aromatic carbocycles. The van der Waals surface area contributed by atoms with Crippen molar-refractivity contribution in [1.29, 1.82) is 0 Å². The second-order valence-corrected chi connectivity index (χ2v) is 5.80. The minimum Gasteiger partial charge on any atom is -0.493 e. The molecule has 0 radical (unpaired) electrons. The molecule has 2 aromatic rings. The molecule has 2 atom stereocenters. The lowest BCUT2D eigenvalue weighted by Gasteiger charge is -2.33. The molecule has 0 fully saturated rings. The van der Waals surface area contributed by atoms with E-state index in [2.05, 4.69) is 42.6 Å². The highest BCUT2D eigenvalue weighted by Crippen LogP contribution is 2.41. The van der Waals surface area contributed by atoms with E-state index in [0.717, 1.165) is 30.3 Å². The normalized spacial score (nSPS) is 18.7.